The summed E-state index contributed by atoms with van der Waals surface area (Å²) in [6.45, 7) is 4.47. The number of phenolic OH excluding ortho intramolecular Hbond substituents is 1. The number of nitrogens with one attached hydrogen (secondary N) is 1. The second-order valence-corrected chi connectivity index (χ2v) is 15.0. The zero-order valence-corrected chi connectivity index (χ0v) is 26.8. The highest BCUT2D eigenvalue weighted by Crippen LogP contribution is 2.52. The molecule has 0 amide bonds. The molecule has 4 aliphatic heterocycles. The molecule has 2 aliphatic carbocycles. The average Bonchev–Trinajstić information content (AvgIpc) is 3.97. The van der Waals surface area contributed by atoms with E-state index in [1.54, 1.807) is 0 Å². The molecule has 2 saturated carbocycles. The zero-order valence-electron chi connectivity index (χ0n) is 26.8. The molecule has 5 unspecified atom stereocenters. The fraction of sp³-hybridized carbons (Fsp3) is 0.447. The van der Waals surface area contributed by atoms with Gasteiger partial charge in [0, 0.05) is 54.6 Å². The summed E-state index contributed by atoms with van der Waals surface area (Å²) in [5.74, 6) is 2.66. The van der Waals surface area contributed by atoms with Crippen LogP contribution in [0.4, 0.5) is 14.5 Å². The number of anilines is 1. The smallest absolute Gasteiger partial charge is 0.234 e. The number of aromatic hydroxyl groups is 1. The number of pyridine rings is 2. The van der Waals surface area contributed by atoms with Crippen molar-refractivity contribution in [3.8, 4) is 47.2 Å². The molecule has 2 aromatic heterocycles. The van der Waals surface area contributed by atoms with E-state index in [1.165, 1.54) is 30.7 Å². The van der Waals surface area contributed by atoms with Crippen LogP contribution >= 0.6 is 0 Å². The largest absolute Gasteiger partial charge is 0.508 e. The summed E-state index contributed by atoms with van der Waals surface area (Å²) >= 11 is 0. The van der Waals surface area contributed by atoms with Crippen LogP contribution in [0.15, 0.2) is 24.3 Å². The first-order chi connectivity index (χ1) is 23.8. The molecule has 2 aromatic carbocycles. The first-order valence-corrected chi connectivity index (χ1v) is 17.2. The van der Waals surface area contributed by atoms with Crippen LogP contribution in [-0.2, 0) is 0 Å². The summed E-state index contributed by atoms with van der Waals surface area (Å²) in [5.41, 5.74) is 0.550. The minimum Gasteiger partial charge on any atom is -0.508 e. The Labute approximate surface area is 281 Å². The number of halogens is 2. The van der Waals surface area contributed by atoms with E-state index in [0.717, 1.165) is 57.2 Å². The number of aromatic nitrogens is 2. The molecule has 4 aromatic rings. The van der Waals surface area contributed by atoms with E-state index in [0.29, 0.717) is 29.6 Å². The van der Waals surface area contributed by atoms with Gasteiger partial charge in [-0.3, -0.25) is 0 Å². The molecule has 49 heavy (non-hydrogen) atoms. The van der Waals surface area contributed by atoms with Crippen LogP contribution in [0.5, 0.6) is 17.5 Å². The Kier molecular flexibility index (Phi) is 6.20. The summed E-state index contributed by atoms with van der Waals surface area (Å²) < 4.78 is 45.2. The monoisotopic (exact) mass is 660 g/mol. The first-order valence-electron chi connectivity index (χ1n) is 17.2. The van der Waals surface area contributed by atoms with Gasteiger partial charge < -0.3 is 29.7 Å². The van der Waals surface area contributed by atoms with Gasteiger partial charge in [-0.15, -0.1) is 6.42 Å². The SMILES string of the molecule is C#Cc1c(F)ccc2cc(O)cc(-c3nc4c5c(c(C#N)c(OCC6(CN7CC8CC8C7)CC6)nc5c3F)N3CC5CCC(N5)C3CO4)c12. The first kappa shape index (κ1) is 29.2. The molecule has 11 heteroatoms. The van der Waals surface area contributed by atoms with Crippen LogP contribution in [0.1, 0.15) is 43.2 Å². The quantitative estimate of drug-likeness (QED) is 0.274. The second-order valence-electron chi connectivity index (χ2n) is 15.0. The van der Waals surface area contributed by atoms with Gasteiger partial charge in [-0.25, -0.2) is 18.7 Å². The highest BCUT2D eigenvalue weighted by Gasteiger charge is 2.51. The number of benzene rings is 2. The number of phenols is 1. The van der Waals surface area contributed by atoms with E-state index in [4.69, 9.17) is 25.9 Å². The number of piperazine rings is 1. The molecule has 248 valence electrons. The maximum absolute atomic E-state index is 17.2. The normalized spacial score (nSPS) is 27.2. The standard InChI is InChI=1S/C38H34F2N6O3/c1-2-24-27(39)5-3-19-10-23(47)11-25(30(19)24)33-32(40)34-31-35(46-15-22-4-6-28(42-22)29(46)16-48-37(31)43-33)26(12-41)36(44-34)49-18-38(7-8-38)17-45-13-20-9-21(20)14-45/h1,3,5,10-11,20-22,28-29,42,47H,4,6-9,13-18H2. The maximum atomic E-state index is 17.2. The summed E-state index contributed by atoms with van der Waals surface area (Å²) in [7, 11) is 0. The minimum atomic E-state index is -0.800. The third-order valence-electron chi connectivity index (χ3n) is 11.9. The molecule has 0 radical (unpaired) electrons. The number of rotatable bonds is 6. The van der Waals surface area contributed by atoms with E-state index in [1.807, 2.05) is 0 Å². The fourth-order valence-electron chi connectivity index (χ4n) is 9.12. The lowest BCUT2D eigenvalue weighted by Crippen LogP contribution is -2.60. The highest BCUT2D eigenvalue weighted by atomic mass is 19.1. The molecule has 2 bridgehead atoms. The Bertz CT molecular complexity index is 2180. The molecule has 5 fully saturated rings. The zero-order chi connectivity index (χ0) is 33.2. The van der Waals surface area contributed by atoms with Crippen LogP contribution in [-0.4, -0.2) is 77.5 Å². The Balaban J connectivity index is 1.16. The predicted octanol–water partition coefficient (Wildman–Crippen LogP) is 5.10. The number of hydrogen-bond donors (Lipinski definition) is 2. The van der Waals surface area contributed by atoms with Gasteiger partial charge in [-0.1, -0.05) is 12.0 Å². The van der Waals surface area contributed by atoms with Gasteiger partial charge in [0.1, 0.15) is 41.0 Å². The van der Waals surface area contributed by atoms with Gasteiger partial charge in [-0.05, 0) is 67.5 Å². The van der Waals surface area contributed by atoms with Crippen molar-refractivity contribution in [2.24, 2.45) is 17.3 Å². The van der Waals surface area contributed by atoms with Crippen molar-refractivity contribution in [3.05, 3.63) is 47.0 Å². The molecule has 9 nitrogen and oxygen atoms in total. The number of hydrogen-bond acceptors (Lipinski definition) is 9. The maximum Gasteiger partial charge on any atom is 0.234 e. The van der Waals surface area contributed by atoms with Gasteiger partial charge in [0.25, 0.3) is 0 Å². The molecule has 10 rings (SSSR count). The van der Waals surface area contributed by atoms with Crippen LogP contribution in [0.2, 0.25) is 0 Å². The van der Waals surface area contributed by atoms with E-state index >= 15 is 8.78 Å². The number of nitrogens with zero attached hydrogens (tertiary/aromatic N) is 5. The summed E-state index contributed by atoms with van der Waals surface area (Å²) in [5, 5.41) is 26.1. The molecule has 6 heterocycles. The number of piperidine rings is 1. The molecular weight excluding hydrogens is 626 g/mol. The van der Waals surface area contributed by atoms with Crippen LogP contribution in [0, 0.1) is 52.6 Å². The number of likely N-dealkylation sites (tertiary alicyclic amines) is 1. The van der Waals surface area contributed by atoms with Crippen molar-refractivity contribution in [3.63, 3.8) is 0 Å². The van der Waals surface area contributed by atoms with Crippen LogP contribution in [0.25, 0.3) is 32.9 Å². The van der Waals surface area contributed by atoms with Crippen LogP contribution < -0.4 is 19.7 Å². The van der Waals surface area contributed by atoms with Crippen molar-refractivity contribution in [1.82, 2.24) is 20.2 Å². The van der Waals surface area contributed by atoms with E-state index in [-0.39, 0.29) is 80.9 Å². The van der Waals surface area contributed by atoms with Gasteiger partial charge in [0.05, 0.1) is 29.3 Å². The Hall–Kier alpha value is -4.71. The Morgan fingerprint density at radius 3 is 2.71 bits per heavy atom. The topological polar surface area (TPSA) is 107 Å². The molecule has 2 N–H and O–H groups in total. The lowest BCUT2D eigenvalue weighted by Gasteiger charge is -2.41. The summed E-state index contributed by atoms with van der Waals surface area (Å²) in [6, 6.07) is 8.07. The summed E-state index contributed by atoms with van der Waals surface area (Å²) in [6.07, 6.45) is 11.1. The molecule has 6 aliphatic rings. The molecule has 3 saturated heterocycles. The Morgan fingerprint density at radius 2 is 1.94 bits per heavy atom. The number of fused-ring (bicyclic) bond motifs is 7. The van der Waals surface area contributed by atoms with E-state index in [9.17, 15) is 10.4 Å². The number of nitriles is 1. The van der Waals surface area contributed by atoms with E-state index < -0.39 is 11.6 Å². The lowest BCUT2D eigenvalue weighted by molar-refractivity contribution is 0.167. The fourth-order valence-corrected chi connectivity index (χ4v) is 9.12. The Morgan fingerprint density at radius 1 is 1.10 bits per heavy atom. The van der Waals surface area contributed by atoms with Gasteiger partial charge in [0.15, 0.2) is 5.82 Å². The summed E-state index contributed by atoms with van der Waals surface area (Å²) in [4.78, 5) is 14.2. The molecule has 5 atom stereocenters. The van der Waals surface area contributed by atoms with Gasteiger partial charge in [0.2, 0.25) is 11.8 Å². The van der Waals surface area contributed by atoms with Crippen molar-refractivity contribution in [2.45, 2.75) is 50.2 Å². The van der Waals surface area contributed by atoms with Crippen molar-refractivity contribution in [1.29, 1.82) is 5.26 Å². The van der Waals surface area contributed by atoms with Gasteiger partial charge >= 0.3 is 0 Å². The van der Waals surface area contributed by atoms with Crippen molar-refractivity contribution >= 4 is 27.4 Å². The predicted molar refractivity (Wildman–Crippen MR) is 178 cm³/mol. The lowest BCUT2D eigenvalue weighted by atomic mass is 9.95. The average molecular weight is 661 g/mol. The van der Waals surface area contributed by atoms with E-state index in [2.05, 4.69) is 27.1 Å². The van der Waals surface area contributed by atoms with Gasteiger partial charge in [-0.2, -0.15) is 5.26 Å². The highest BCUT2D eigenvalue weighted by molar-refractivity contribution is 6.05. The number of terminal acetylenes is 1. The third-order valence-corrected chi connectivity index (χ3v) is 11.9. The number of ether oxygens (including phenoxy) is 2. The second kappa shape index (κ2) is 10.4. The van der Waals surface area contributed by atoms with Crippen molar-refractivity contribution in [2.75, 3.05) is 44.3 Å². The minimum absolute atomic E-state index is 0.0165. The molecule has 0 spiro atoms. The van der Waals surface area contributed by atoms with Crippen molar-refractivity contribution < 1.29 is 23.4 Å². The van der Waals surface area contributed by atoms with Crippen LogP contribution in [0.3, 0.4) is 0 Å². The molecular formula is C38H34F2N6O3. The third kappa shape index (κ3) is 4.48.